The number of piperazine rings is 1. The third-order valence-electron chi connectivity index (χ3n) is 5.39. The van der Waals surface area contributed by atoms with Gasteiger partial charge in [-0.05, 0) is 30.9 Å². The Hall–Kier alpha value is -1.95. The van der Waals surface area contributed by atoms with Crippen LogP contribution >= 0.6 is 0 Å². The summed E-state index contributed by atoms with van der Waals surface area (Å²) in [5.74, 6) is 0.0695. The highest BCUT2D eigenvalue weighted by molar-refractivity contribution is 5.94. The molecule has 0 aromatic heterocycles. The summed E-state index contributed by atoms with van der Waals surface area (Å²) in [5, 5.41) is 0. The van der Waals surface area contributed by atoms with Gasteiger partial charge >= 0.3 is 0 Å². The van der Waals surface area contributed by atoms with E-state index in [4.69, 9.17) is 0 Å². The lowest BCUT2D eigenvalue weighted by molar-refractivity contribution is -0.132. The molecule has 1 aromatic carbocycles. The summed E-state index contributed by atoms with van der Waals surface area (Å²) in [4.78, 5) is 31.0. The van der Waals surface area contributed by atoms with Crippen molar-refractivity contribution in [1.82, 2.24) is 14.7 Å². The summed E-state index contributed by atoms with van der Waals surface area (Å²) in [7, 11) is 0. The van der Waals surface area contributed by atoms with Crippen LogP contribution in [-0.2, 0) is 4.79 Å². The summed E-state index contributed by atoms with van der Waals surface area (Å²) in [6.07, 6.45) is 1.89. The molecule has 0 spiro atoms. The Morgan fingerprint density at radius 3 is 2.50 bits per heavy atom. The molecule has 0 N–H and O–H groups in total. The Bertz CT molecular complexity index is 656. The molecule has 2 heterocycles. The van der Waals surface area contributed by atoms with Gasteiger partial charge in [0.25, 0.3) is 5.91 Å². The molecular formula is C20H28FN3O2. The molecule has 0 bridgehead atoms. The van der Waals surface area contributed by atoms with E-state index in [9.17, 15) is 14.0 Å². The Morgan fingerprint density at radius 2 is 1.85 bits per heavy atom. The fraction of sp³-hybridized carbons (Fsp3) is 0.600. The van der Waals surface area contributed by atoms with E-state index in [-0.39, 0.29) is 23.4 Å². The standard InChI is InChI=1S/C20H28FN3O2/c1-15(2)7-9-23-10-8-18(20(23)26)22-11-13-24(14-12-22)19(25)16-5-3-4-6-17(16)21/h3-6,15,18H,7-14H2,1-2H3. The predicted molar refractivity (Wildman–Crippen MR) is 98.3 cm³/mol. The first-order chi connectivity index (χ1) is 12.5. The molecule has 6 heteroatoms. The molecule has 0 saturated carbocycles. The number of hydrogen-bond acceptors (Lipinski definition) is 3. The minimum absolute atomic E-state index is 0.0622. The van der Waals surface area contributed by atoms with Crippen molar-refractivity contribution in [3.63, 3.8) is 0 Å². The molecule has 2 aliphatic heterocycles. The molecular weight excluding hydrogens is 333 g/mol. The fourth-order valence-corrected chi connectivity index (χ4v) is 3.74. The number of amides is 2. The maximum Gasteiger partial charge on any atom is 0.256 e. The van der Waals surface area contributed by atoms with Crippen LogP contribution in [0.15, 0.2) is 24.3 Å². The van der Waals surface area contributed by atoms with Gasteiger partial charge in [0, 0.05) is 39.3 Å². The van der Waals surface area contributed by atoms with Gasteiger partial charge in [-0.25, -0.2) is 4.39 Å². The first-order valence-corrected chi connectivity index (χ1v) is 9.54. The highest BCUT2D eigenvalue weighted by Crippen LogP contribution is 2.21. The van der Waals surface area contributed by atoms with E-state index in [0.29, 0.717) is 32.1 Å². The summed E-state index contributed by atoms with van der Waals surface area (Å²) < 4.78 is 13.8. The minimum atomic E-state index is -0.480. The zero-order valence-corrected chi connectivity index (χ0v) is 15.7. The molecule has 0 aliphatic carbocycles. The van der Waals surface area contributed by atoms with E-state index in [1.807, 2.05) is 4.90 Å². The predicted octanol–water partition coefficient (Wildman–Crippen LogP) is 2.23. The van der Waals surface area contributed by atoms with Gasteiger partial charge in [0.1, 0.15) is 5.82 Å². The largest absolute Gasteiger partial charge is 0.341 e. The molecule has 0 radical (unpaired) electrons. The SMILES string of the molecule is CC(C)CCN1CCC(N2CCN(C(=O)c3ccccc3F)CC2)C1=O. The van der Waals surface area contributed by atoms with Gasteiger partial charge < -0.3 is 9.80 Å². The zero-order valence-electron chi connectivity index (χ0n) is 15.7. The Labute approximate surface area is 154 Å². The van der Waals surface area contributed by atoms with Crippen molar-refractivity contribution in [3.05, 3.63) is 35.6 Å². The molecule has 1 aromatic rings. The van der Waals surface area contributed by atoms with Crippen LogP contribution in [0.25, 0.3) is 0 Å². The second-order valence-electron chi connectivity index (χ2n) is 7.62. The molecule has 142 valence electrons. The fourth-order valence-electron chi connectivity index (χ4n) is 3.74. The molecule has 1 unspecified atom stereocenters. The molecule has 2 fully saturated rings. The third-order valence-corrected chi connectivity index (χ3v) is 5.39. The van der Waals surface area contributed by atoms with Crippen molar-refractivity contribution in [2.24, 2.45) is 5.92 Å². The lowest BCUT2D eigenvalue weighted by atomic mass is 10.1. The number of rotatable bonds is 5. The van der Waals surface area contributed by atoms with Gasteiger partial charge in [0.15, 0.2) is 0 Å². The topological polar surface area (TPSA) is 43.9 Å². The number of carbonyl (C=O) groups excluding carboxylic acids is 2. The van der Waals surface area contributed by atoms with Crippen LogP contribution in [0.5, 0.6) is 0 Å². The average molecular weight is 361 g/mol. The summed E-state index contributed by atoms with van der Waals surface area (Å²) in [5.41, 5.74) is 0.123. The third kappa shape index (κ3) is 4.06. The number of hydrogen-bond donors (Lipinski definition) is 0. The normalized spacial score (nSPS) is 21.7. The lowest BCUT2D eigenvalue weighted by Gasteiger charge is -2.37. The molecule has 5 nitrogen and oxygen atoms in total. The summed E-state index contributed by atoms with van der Waals surface area (Å²) in [6, 6.07) is 6.03. The monoisotopic (exact) mass is 361 g/mol. The van der Waals surface area contributed by atoms with Gasteiger partial charge in [-0.3, -0.25) is 14.5 Å². The molecule has 2 saturated heterocycles. The van der Waals surface area contributed by atoms with Crippen LogP contribution in [-0.4, -0.2) is 71.8 Å². The molecule has 26 heavy (non-hydrogen) atoms. The van der Waals surface area contributed by atoms with Crippen LogP contribution in [0.1, 0.15) is 37.0 Å². The van der Waals surface area contributed by atoms with Crippen LogP contribution in [0.3, 0.4) is 0 Å². The number of likely N-dealkylation sites (tertiary alicyclic amines) is 1. The zero-order chi connectivity index (χ0) is 18.7. The maximum atomic E-state index is 13.8. The molecule has 2 aliphatic rings. The number of carbonyl (C=O) groups is 2. The molecule has 1 atom stereocenters. The van der Waals surface area contributed by atoms with Gasteiger partial charge in [-0.1, -0.05) is 26.0 Å². The van der Waals surface area contributed by atoms with Gasteiger partial charge in [-0.15, -0.1) is 0 Å². The first-order valence-electron chi connectivity index (χ1n) is 9.54. The Balaban J connectivity index is 1.53. The second-order valence-corrected chi connectivity index (χ2v) is 7.62. The lowest BCUT2D eigenvalue weighted by Crippen LogP contribution is -2.54. The van der Waals surface area contributed by atoms with Crippen molar-refractivity contribution < 1.29 is 14.0 Å². The quantitative estimate of drug-likeness (QED) is 0.808. The smallest absolute Gasteiger partial charge is 0.256 e. The summed E-state index contributed by atoms with van der Waals surface area (Å²) >= 11 is 0. The van der Waals surface area contributed by atoms with Crippen LogP contribution < -0.4 is 0 Å². The van der Waals surface area contributed by atoms with Gasteiger partial charge in [-0.2, -0.15) is 0 Å². The van der Waals surface area contributed by atoms with E-state index in [2.05, 4.69) is 18.7 Å². The van der Waals surface area contributed by atoms with Crippen molar-refractivity contribution in [1.29, 1.82) is 0 Å². The highest BCUT2D eigenvalue weighted by atomic mass is 19.1. The van der Waals surface area contributed by atoms with Crippen LogP contribution in [0, 0.1) is 11.7 Å². The van der Waals surface area contributed by atoms with E-state index in [1.165, 1.54) is 12.1 Å². The second kappa shape index (κ2) is 8.16. The minimum Gasteiger partial charge on any atom is -0.341 e. The number of halogens is 1. The maximum absolute atomic E-state index is 13.8. The number of benzene rings is 1. The van der Waals surface area contributed by atoms with E-state index >= 15 is 0 Å². The van der Waals surface area contributed by atoms with Crippen molar-refractivity contribution in [2.45, 2.75) is 32.7 Å². The van der Waals surface area contributed by atoms with Crippen molar-refractivity contribution in [3.8, 4) is 0 Å². The van der Waals surface area contributed by atoms with Crippen LogP contribution in [0.4, 0.5) is 4.39 Å². The summed E-state index contributed by atoms with van der Waals surface area (Å²) in [6.45, 7) is 8.38. The average Bonchev–Trinajstić information content (AvgIpc) is 3.00. The molecule has 3 rings (SSSR count). The van der Waals surface area contributed by atoms with Crippen molar-refractivity contribution in [2.75, 3.05) is 39.3 Å². The van der Waals surface area contributed by atoms with E-state index in [0.717, 1.165) is 25.9 Å². The first kappa shape index (κ1) is 18.8. The Kier molecular flexibility index (Phi) is 5.91. The van der Waals surface area contributed by atoms with Gasteiger partial charge in [0.2, 0.25) is 5.91 Å². The van der Waals surface area contributed by atoms with Crippen molar-refractivity contribution >= 4 is 11.8 Å². The van der Waals surface area contributed by atoms with E-state index < -0.39 is 5.82 Å². The van der Waals surface area contributed by atoms with E-state index in [1.54, 1.807) is 17.0 Å². The van der Waals surface area contributed by atoms with Gasteiger partial charge in [0.05, 0.1) is 11.6 Å². The number of nitrogens with zero attached hydrogens (tertiary/aromatic N) is 3. The highest BCUT2D eigenvalue weighted by Gasteiger charge is 2.37. The van der Waals surface area contributed by atoms with Crippen LogP contribution in [0.2, 0.25) is 0 Å². The Morgan fingerprint density at radius 1 is 1.15 bits per heavy atom. The molecule has 2 amide bonds.